The maximum atomic E-state index is 6.70. The molecule has 3 aromatic rings. The van der Waals surface area contributed by atoms with Gasteiger partial charge in [-0.1, -0.05) is 54.1 Å². The molecule has 148 valence electrons. The Morgan fingerprint density at radius 3 is 2.67 bits per heavy atom. The molecule has 0 saturated heterocycles. The average Bonchev–Trinajstić information content (AvgIpc) is 3.17. The maximum absolute atomic E-state index is 6.70. The third-order valence-corrected chi connectivity index (χ3v) is 7.39. The molecule has 5 heteroatoms. The van der Waals surface area contributed by atoms with Crippen molar-refractivity contribution in [3.63, 3.8) is 0 Å². The Kier molecular flexibility index (Phi) is 4.18. The fourth-order valence-corrected chi connectivity index (χ4v) is 6.09. The van der Waals surface area contributed by atoms with Crippen LogP contribution in [0.3, 0.4) is 0 Å². The average molecular weight is 431 g/mol. The zero-order valence-electron chi connectivity index (χ0n) is 16.4. The lowest BCUT2D eigenvalue weighted by Crippen LogP contribution is -2.36. The predicted octanol–water partition coefficient (Wildman–Crippen LogP) is 6.73. The fourth-order valence-electron chi connectivity index (χ4n) is 4.69. The Hall–Kier alpha value is -2.69. The zero-order valence-corrected chi connectivity index (χ0v) is 18.0. The standard InChI is InChI=1S/C25H19ClN2OS/c1-29-17-12-9-16(10-13-17)23-19-14-11-15-5-2-3-6-18(15)22(19)27-25-28(23)24-20(26)7-4-8-21(24)30-25/h2-10,12-13,23H,11,14H2,1H3. The van der Waals surface area contributed by atoms with E-state index in [1.54, 1.807) is 18.9 Å². The number of hydrogen-bond acceptors (Lipinski definition) is 4. The number of halogens is 1. The number of methoxy groups -OCH3 is 1. The molecule has 30 heavy (non-hydrogen) atoms. The highest BCUT2D eigenvalue weighted by Gasteiger charge is 2.42. The highest BCUT2D eigenvalue weighted by Crippen LogP contribution is 2.55. The molecule has 6 rings (SSSR count). The molecule has 1 atom stereocenters. The van der Waals surface area contributed by atoms with Crippen molar-refractivity contribution in [1.82, 2.24) is 0 Å². The van der Waals surface area contributed by atoms with E-state index in [2.05, 4.69) is 47.4 Å². The minimum Gasteiger partial charge on any atom is -0.497 e. The van der Waals surface area contributed by atoms with Gasteiger partial charge in [0.05, 0.1) is 29.6 Å². The first-order valence-electron chi connectivity index (χ1n) is 10.0. The van der Waals surface area contributed by atoms with Crippen molar-refractivity contribution in [2.45, 2.75) is 23.8 Å². The molecular weight excluding hydrogens is 412 g/mol. The van der Waals surface area contributed by atoms with Crippen LogP contribution in [0.15, 0.2) is 82.2 Å². The molecule has 3 nitrogen and oxygen atoms in total. The van der Waals surface area contributed by atoms with Gasteiger partial charge in [-0.25, -0.2) is 4.99 Å². The quantitative estimate of drug-likeness (QED) is 0.450. The molecule has 0 spiro atoms. The van der Waals surface area contributed by atoms with Crippen LogP contribution < -0.4 is 9.64 Å². The van der Waals surface area contributed by atoms with Crippen LogP contribution in [0.25, 0.3) is 5.70 Å². The van der Waals surface area contributed by atoms with E-state index in [-0.39, 0.29) is 6.04 Å². The summed E-state index contributed by atoms with van der Waals surface area (Å²) in [6.45, 7) is 0. The molecule has 0 aromatic heterocycles. The summed E-state index contributed by atoms with van der Waals surface area (Å²) in [6.07, 6.45) is 2.02. The number of ether oxygens (including phenoxy) is 1. The SMILES string of the molecule is COc1ccc(C2C3=C(N=C4Sc5cccc(Cl)c5N42)c2ccccc2CC3)cc1. The van der Waals surface area contributed by atoms with Crippen molar-refractivity contribution in [3.05, 3.63) is 94.0 Å². The molecule has 2 heterocycles. The summed E-state index contributed by atoms with van der Waals surface area (Å²) in [6, 6.07) is 23.2. The Balaban J connectivity index is 1.59. The van der Waals surface area contributed by atoms with E-state index < -0.39 is 0 Å². The van der Waals surface area contributed by atoms with Crippen LogP contribution in [-0.2, 0) is 6.42 Å². The first-order chi connectivity index (χ1) is 14.7. The number of para-hydroxylation sites is 1. The summed E-state index contributed by atoms with van der Waals surface area (Å²) in [5, 5.41) is 1.76. The maximum Gasteiger partial charge on any atom is 0.174 e. The molecule has 0 N–H and O–H groups in total. The largest absolute Gasteiger partial charge is 0.497 e. The summed E-state index contributed by atoms with van der Waals surface area (Å²) in [7, 11) is 1.70. The summed E-state index contributed by atoms with van der Waals surface area (Å²) in [4.78, 5) is 8.66. The zero-order chi connectivity index (χ0) is 20.2. The minimum atomic E-state index is 0.0698. The lowest BCUT2D eigenvalue weighted by Gasteiger charge is -2.38. The third-order valence-electron chi connectivity index (χ3n) is 6.07. The first kappa shape index (κ1) is 18.1. The van der Waals surface area contributed by atoms with Gasteiger partial charge >= 0.3 is 0 Å². The fraction of sp³-hybridized carbons (Fsp3) is 0.160. The third kappa shape index (κ3) is 2.64. The van der Waals surface area contributed by atoms with Gasteiger partial charge in [0.2, 0.25) is 0 Å². The molecule has 0 amide bonds. The van der Waals surface area contributed by atoms with Crippen molar-refractivity contribution < 1.29 is 4.74 Å². The molecule has 3 aliphatic rings. The summed E-state index contributed by atoms with van der Waals surface area (Å²) in [5.74, 6) is 0.862. The van der Waals surface area contributed by atoms with Crippen LogP contribution in [0.1, 0.15) is 29.2 Å². The molecule has 3 aromatic carbocycles. The summed E-state index contributed by atoms with van der Waals surface area (Å²) in [5.41, 5.74) is 7.40. The van der Waals surface area contributed by atoms with Crippen LogP contribution in [0.4, 0.5) is 5.69 Å². The molecule has 1 unspecified atom stereocenters. The lowest BCUT2D eigenvalue weighted by atomic mass is 9.82. The number of anilines is 1. The highest BCUT2D eigenvalue weighted by atomic mass is 35.5. The van der Waals surface area contributed by atoms with Gasteiger partial charge in [-0.15, -0.1) is 0 Å². The van der Waals surface area contributed by atoms with Gasteiger partial charge in [-0.3, -0.25) is 0 Å². The first-order valence-corrected chi connectivity index (χ1v) is 11.2. The van der Waals surface area contributed by atoms with Crippen LogP contribution in [0, 0.1) is 0 Å². The Morgan fingerprint density at radius 1 is 1.00 bits per heavy atom. The van der Waals surface area contributed by atoms with Gasteiger partial charge < -0.3 is 9.64 Å². The number of benzene rings is 3. The second-order valence-electron chi connectivity index (χ2n) is 7.66. The van der Waals surface area contributed by atoms with E-state index in [4.69, 9.17) is 21.3 Å². The van der Waals surface area contributed by atoms with Gasteiger partial charge in [0.15, 0.2) is 5.17 Å². The normalized spacial score (nSPS) is 18.9. The number of hydrogen-bond donors (Lipinski definition) is 0. The van der Waals surface area contributed by atoms with Gasteiger partial charge in [-0.2, -0.15) is 0 Å². The minimum absolute atomic E-state index is 0.0698. The number of rotatable bonds is 2. The van der Waals surface area contributed by atoms with Gasteiger partial charge in [0.1, 0.15) is 5.75 Å². The smallest absolute Gasteiger partial charge is 0.174 e. The number of thioether (sulfide) groups is 1. The number of amidine groups is 1. The highest BCUT2D eigenvalue weighted by molar-refractivity contribution is 8.14. The van der Waals surface area contributed by atoms with Crippen molar-refractivity contribution in [2.24, 2.45) is 4.99 Å². The van der Waals surface area contributed by atoms with Gasteiger partial charge in [0, 0.05) is 10.5 Å². The van der Waals surface area contributed by atoms with E-state index >= 15 is 0 Å². The van der Waals surface area contributed by atoms with Crippen molar-refractivity contribution in [3.8, 4) is 5.75 Å². The molecule has 0 fully saturated rings. The van der Waals surface area contributed by atoms with Crippen molar-refractivity contribution >= 4 is 39.9 Å². The van der Waals surface area contributed by atoms with Crippen molar-refractivity contribution in [1.29, 1.82) is 0 Å². The van der Waals surface area contributed by atoms with E-state index in [0.717, 1.165) is 45.1 Å². The molecule has 1 aliphatic carbocycles. The monoisotopic (exact) mass is 430 g/mol. The van der Waals surface area contributed by atoms with E-state index in [1.807, 2.05) is 24.3 Å². The predicted molar refractivity (Wildman–Crippen MR) is 125 cm³/mol. The second kappa shape index (κ2) is 6.93. The summed E-state index contributed by atoms with van der Waals surface area (Å²) >= 11 is 8.40. The van der Waals surface area contributed by atoms with Crippen molar-refractivity contribution in [2.75, 3.05) is 12.0 Å². The van der Waals surface area contributed by atoms with Crippen LogP contribution in [0.2, 0.25) is 5.02 Å². The van der Waals surface area contributed by atoms with Crippen LogP contribution in [0.5, 0.6) is 5.75 Å². The molecule has 0 bridgehead atoms. The van der Waals surface area contributed by atoms with Gasteiger partial charge in [0.25, 0.3) is 0 Å². The number of aryl methyl sites for hydroxylation is 1. The van der Waals surface area contributed by atoms with Crippen LogP contribution in [-0.4, -0.2) is 12.3 Å². The Bertz CT molecular complexity index is 1230. The molecular formula is C25H19ClN2OS. The molecule has 2 aliphatic heterocycles. The number of aliphatic imine (C=N–C) groups is 1. The summed E-state index contributed by atoms with van der Waals surface area (Å²) < 4.78 is 5.40. The molecule has 0 radical (unpaired) electrons. The second-order valence-corrected chi connectivity index (χ2v) is 9.08. The van der Waals surface area contributed by atoms with Crippen LogP contribution >= 0.6 is 23.4 Å². The number of fused-ring (bicyclic) bond motifs is 5. The van der Waals surface area contributed by atoms with E-state index in [9.17, 15) is 0 Å². The lowest BCUT2D eigenvalue weighted by molar-refractivity contribution is 0.414. The Labute approximate surface area is 185 Å². The van der Waals surface area contributed by atoms with Gasteiger partial charge in [-0.05, 0) is 65.6 Å². The molecule has 0 saturated carbocycles. The number of nitrogens with zero attached hydrogens (tertiary/aromatic N) is 2. The van der Waals surface area contributed by atoms with E-state index in [1.165, 1.54) is 22.3 Å². The van der Waals surface area contributed by atoms with E-state index in [0.29, 0.717) is 0 Å². The Morgan fingerprint density at radius 2 is 1.83 bits per heavy atom. The topological polar surface area (TPSA) is 24.8 Å².